The second-order valence-corrected chi connectivity index (χ2v) is 7.25. The van der Waals surface area contributed by atoms with E-state index in [9.17, 15) is 22.8 Å². The Balaban J connectivity index is 2.03. The van der Waals surface area contributed by atoms with Crippen molar-refractivity contribution in [3.63, 3.8) is 0 Å². The molecule has 0 aromatic heterocycles. The molecule has 2 amide bonds. The molecule has 0 bridgehead atoms. The first-order valence-electron chi connectivity index (χ1n) is 9.14. The summed E-state index contributed by atoms with van der Waals surface area (Å²) < 4.78 is 38.4. The fraction of sp³-hybridized carbons (Fsp3) is 0.333. The van der Waals surface area contributed by atoms with Crippen molar-refractivity contribution in [1.29, 1.82) is 0 Å². The van der Waals surface area contributed by atoms with Crippen molar-refractivity contribution < 1.29 is 22.8 Å². The summed E-state index contributed by atoms with van der Waals surface area (Å²) in [4.78, 5) is 24.5. The molecule has 2 aromatic carbocycles. The van der Waals surface area contributed by atoms with E-state index in [0.717, 1.165) is 18.6 Å². The lowest BCUT2D eigenvalue weighted by Crippen LogP contribution is -2.43. The van der Waals surface area contributed by atoms with Crippen molar-refractivity contribution in [2.24, 2.45) is 0 Å². The van der Waals surface area contributed by atoms with Crippen molar-refractivity contribution in [1.82, 2.24) is 5.32 Å². The van der Waals surface area contributed by atoms with E-state index in [1.807, 2.05) is 20.8 Å². The number of alkyl halides is 3. The number of halogens is 3. The minimum atomic E-state index is -4.49. The second-order valence-electron chi connectivity index (χ2n) is 7.25. The molecule has 2 aromatic rings. The van der Waals surface area contributed by atoms with Crippen LogP contribution in [0, 0.1) is 0 Å². The predicted octanol–water partition coefficient (Wildman–Crippen LogP) is 4.67. The van der Waals surface area contributed by atoms with Gasteiger partial charge < -0.3 is 16.0 Å². The molecule has 5 nitrogen and oxygen atoms in total. The number of rotatable bonds is 7. The van der Waals surface area contributed by atoms with Gasteiger partial charge in [0, 0.05) is 22.5 Å². The fourth-order valence-electron chi connectivity index (χ4n) is 2.36. The smallest absolute Gasteiger partial charge is 0.325 e. The van der Waals surface area contributed by atoms with E-state index in [-0.39, 0.29) is 29.2 Å². The molecule has 0 saturated heterocycles. The van der Waals surface area contributed by atoms with Crippen molar-refractivity contribution >= 4 is 23.2 Å². The van der Waals surface area contributed by atoms with Crippen LogP contribution >= 0.6 is 0 Å². The summed E-state index contributed by atoms with van der Waals surface area (Å²) in [7, 11) is 0. The quantitative estimate of drug-likeness (QED) is 0.625. The first-order chi connectivity index (χ1) is 13.5. The van der Waals surface area contributed by atoms with E-state index in [1.54, 1.807) is 12.1 Å². The molecule has 8 heteroatoms. The molecule has 0 spiro atoms. The molecule has 29 heavy (non-hydrogen) atoms. The Labute approximate surface area is 167 Å². The average molecular weight is 407 g/mol. The Morgan fingerprint density at radius 1 is 0.931 bits per heavy atom. The maximum absolute atomic E-state index is 12.8. The van der Waals surface area contributed by atoms with Gasteiger partial charge in [0.1, 0.15) is 0 Å². The number of hydrogen-bond donors (Lipinski definition) is 3. The van der Waals surface area contributed by atoms with Crippen molar-refractivity contribution in [2.75, 3.05) is 17.2 Å². The summed E-state index contributed by atoms with van der Waals surface area (Å²) in [6.45, 7) is 6.09. The van der Waals surface area contributed by atoms with Gasteiger partial charge in [-0.2, -0.15) is 13.2 Å². The van der Waals surface area contributed by atoms with Gasteiger partial charge in [-0.15, -0.1) is 0 Å². The standard InChI is InChI=1S/C21H24F3N3O2/c1-4-20(2,3)25-13-18(28)26-16-9-5-7-14(11-16)19(29)27-17-10-6-8-15(12-17)21(22,23)24/h5-12,25H,4,13H2,1-3H3,(H,26,28)(H,27,29). The highest BCUT2D eigenvalue weighted by Crippen LogP contribution is 2.30. The second kappa shape index (κ2) is 9.09. The summed E-state index contributed by atoms with van der Waals surface area (Å²) in [5.41, 5.74) is -0.363. The normalized spacial score (nSPS) is 11.8. The highest BCUT2D eigenvalue weighted by molar-refractivity contribution is 6.05. The number of hydrogen-bond acceptors (Lipinski definition) is 3. The van der Waals surface area contributed by atoms with Crippen LogP contribution in [0.3, 0.4) is 0 Å². The van der Waals surface area contributed by atoms with E-state index in [1.165, 1.54) is 24.3 Å². The molecule has 0 aliphatic heterocycles. The molecule has 0 atom stereocenters. The Hall–Kier alpha value is -2.87. The van der Waals surface area contributed by atoms with E-state index in [2.05, 4.69) is 16.0 Å². The van der Waals surface area contributed by atoms with Crippen LogP contribution in [0.15, 0.2) is 48.5 Å². The summed E-state index contributed by atoms with van der Waals surface area (Å²) in [5, 5.41) is 8.27. The molecule has 2 rings (SSSR count). The van der Waals surface area contributed by atoms with Crippen LogP contribution in [0.2, 0.25) is 0 Å². The van der Waals surface area contributed by atoms with E-state index in [0.29, 0.717) is 5.69 Å². The van der Waals surface area contributed by atoms with Gasteiger partial charge in [-0.3, -0.25) is 9.59 Å². The van der Waals surface area contributed by atoms with E-state index >= 15 is 0 Å². The van der Waals surface area contributed by atoms with Crippen molar-refractivity contribution in [3.05, 3.63) is 59.7 Å². The van der Waals surface area contributed by atoms with Crippen LogP contribution in [0.1, 0.15) is 43.1 Å². The third kappa shape index (κ3) is 6.90. The number of anilines is 2. The maximum atomic E-state index is 12.8. The first kappa shape index (κ1) is 22.4. The lowest BCUT2D eigenvalue weighted by molar-refractivity contribution is -0.137. The number of nitrogens with one attached hydrogen (secondary N) is 3. The van der Waals surface area contributed by atoms with E-state index < -0.39 is 17.6 Å². The highest BCUT2D eigenvalue weighted by Gasteiger charge is 2.30. The molecule has 0 unspecified atom stereocenters. The van der Waals surface area contributed by atoms with E-state index in [4.69, 9.17) is 0 Å². The summed E-state index contributed by atoms with van der Waals surface area (Å²) in [6.07, 6.45) is -3.64. The maximum Gasteiger partial charge on any atom is 0.416 e. The molecule has 0 heterocycles. The van der Waals surface area contributed by atoms with Crippen LogP contribution in [0.5, 0.6) is 0 Å². The summed E-state index contributed by atoms with van der Waals surface area (Å²) in [5.74, 6) is -0.840. The van der Waals surface area contributed by atoms with Crippen LogP contribution in [-0.2, 0) is 11.0 Å². The average Bonchev–Trinajstić information content (AvgIpc) is 2.66. The van der Waals surface area contributed by atoms with Gasteiger partial charge in [-0.05, 0) is 56.7 Å². The van der Waals surface area contributed by atoms with Crippen LogP contribution in [0.4, 0.5) is 24.5 Å². The number of benzene rings is 2. The molecular weight excluding hydrogens is 383 g/mol. The topological polar surface area (TPSA) is 70.2 Å². The molecule has 0 fully saturated rings. The first-order valence-corrected chi connectivity index (χ1v) is 9.14. The highest BCUT2D eigenvalue weighted by atomic mass is 19.4. The monoisotopic (exact) mass is 407 g/mol. The van der Waals surface area contributed by atoms with Crippen LogP contribution < -0.4 is 16.0 Å². The number of amides is 2. The molecule has 156 valence electrons. The summed E-state index contributed by atoms with van der Waals surface area (Å²) >= 11 is 0. The third-order valence-electron chi connectivity index (χ3n) is 4.47. The van der Waals surface area contributed by atoms with Gasteiger partial charge in [-0.25, -0.2) is 0 Å². The lowest BCUT2D eigenvalue weighted by Gasteiger charge is -2.24. The zero-order valence-electron chi connectivity index (χ0n) is 16.5. The van der Waals surface area contributed by atoms with Crippen molar-refractivity contribution in [3.8, 4) is 0 Å². The van der Waals surface area contributed by atoms with Crippen molar-refractivity contribution in [2.45, 2.75) is 38.9 Å². The zero-order valence-corrected chi connectivity index (χ0v) is 16.5. The minimum Gasteiger partial charge on any atom is -0.325 e. The van der Waals surface area contributed by atoms with Crippen LogP contribution in [0.25, 0.3) is 0 Å². The summed E-state index contributed by atoms with van der Waals surface area (Å²) in [6, 6.07) is 10.6. The van der Waals surface area contributed by atoms with Gasteiger partial charge in [0.2, 0.25) is 5.91 Å². The molecular formula is C21H24F3N3O2. The minimum absolute atomic E-state index is 0.0326. The Bertz CT molecular complexity index is 879. The van der Waals surface area contributed by atoms with Gasteiger partial charge in [0.25, 0.3) is 5.91 Å². The SMILES string of the molecule is CCC(C)(C)NCC(=O)Nc1cccc(C(=O)Nc2cccc(C(F)(F)F)c2)c1. The van der Waals surface area contributed by atoms with Gasteiger partial charge >= 0.3 is 6.18 Å². The predicted molar refractivity (Wildman–Crippen MR) is 107 cm³/mol. The van der Waals surface area contributed by atoms with Gasteiger partial charge in [-0.1, -0.05) is 19.1 Å². The Kier molecular flexibility index (Phi) is 7.02. The number of carbonyl (C=O) groups excluding carboxylic acids is 2. The van der Waals surface area contributed by atoms with Gasteiger partial charge in [0.15, 0.2) is 0 Å². The largest absolute Gasteiger partial charge is 0.416 e. The number of carbonyl (C=O) groups is 2. The lowest BCUT2D eigenvalue weighted by atomic mass is 10.0. The molecule has 3 N–H and O–H groups in total. The zero-order chi connectivity index (χ0) is 21.7. The Morgan fingerprint density at radius 2 is 1.55 bits per heavy atom. The fourth-order valence-corrected chi connectivity index (χ4v) is 2.36. The Morgan fingerprint density at radius 3 is 2.17 bits per heavy atom. The molecule has 0 aliphatic carbocycles. The molecule has 0 saturated carbocycles. The van der Waals surface area contributed by atoms with Crippen LogP contribution in [-0.4, -0.2) is 23.9 Å². The molecule has 0 aliphatic rings. The van der Waals surface area contributed by atoms with Gasteiger partial charge in [0.05, 0.1) is 12.1 Å². The third-order valence-corrected chi connectivity index (χ3v) is 4.47. The molecule has 0 radical (unpaired) electrons.